The first-order valence-corrected chi connectivity index (χ1v) is 10.2. The van der Waals surface area contributed by atoms with Gasteiger partial charge in [-0.25, -0.2) is 0 Å². The van der Waals surface area contributed by atoms with Crippen molar-refractivity contribution in [1.29, 1.82) is 0 Å². The van der Waals surface area contributed by atoms with Gasteiger partial charge in [0.1, 0.15) is 12.4 Å². The smallest absolute Gasteiger partial charge is 0.303 e. The van der Waals surface area contributed by atoms with E-state index in [2.05, 4.69) is 11.1 Å². The molecule has 0 unspecified atom stereocenters. The van der Waals surface area contributed by atoms with E-state index in [9.17, 15) is 4.79 Å². The number of benzene rings is 3. The number of halogens is 2. The number of nitrogens with one attached hydrogen (secondary N) is 1. The third-order valence-electron chi connectivity index (χ3n) is 4.97. The van der Waals surface area contributed by atoms with Crippen LogP contribution in [0.3, 0.4) is 0 Å². The van der Waals surface area contributed by atoms with Crippen LogP contribution >= 0.6 is 23.2 Å². The van der Waals surface area contributed by atoms with Gasteiger partial charge in [-0.15, -0.1) is 0 Å². The lowest BCUT2D eigenvalue weighted by molar-refractivity contribution is -0.136. The number of H-pyrrole nitrogens is 1. The van der Waals surface area contributed by atoms with Crippen molar-refractivity contribution in [3.8, 4) is 16.9 Å². The van der Waals surface area contributed by atoms with E-state index >= 15 is 0 Å². The van der Waals surface area contributed by atoms with Gasteiger partial charge in [-0.3, -0.25) is 4.79 Å². The minimum absolute atomic E-state index is 0.0751. The van der Waals surface area contributed by atoms with E-state index in [0.29, 0.717) is 22.2 Å². The molecule has 0 atom stereocenters. The molecule has 0 spiro atoms. The molecule has 4 rings (SSSR count). The molecule has 0 saturated heterocycles. The van der Waals surface area contributed by atoms with Crippen LogP contribution in [0.2, 0.25) is 10.0 Å². The van der Waals surface area contributed by atoms with Crippen LogP contribution in [0, 0.1) is 0 Å². The fraction of sp³-hybridized carbons (Fsp3) is 0.125. The summed E-state index contributed by atoms with van der Waals surface area (Å²) in [5, 5.41) is 11.2. The second-order valence-electron chi connectivity index (χ2n) is 6.99. The van der Waals surface area contributed by atoms with Crippen molar-refractivity contribution in [2.45, 2.75) is 19.4 Å². The van der Waals surface area contributed by atoms with Crippen molar-refractivity contribution in [3.63, 3.8) is 0 Å². The Hall–Kier alpha value is -2.95. The lowest BCUT2D eigenvalue weighted by atomic mass is 9.99. The summed E-state index contributed by atoms with van der Waals surface area (Å²) < 4.78 is 6.12. The van der Waals surface area contributed by atoms with E-state index in [1.165, 1.54) is 0 Å². The van der Waals surface area contributed by atoms with Gasteiger partial charge in [0.25, 0.3) is 0 Å². The van der Waals surface area contributed by atoms with Crippen LogP contribution in [0.5, 0.6) is 5.75 Å². The highest BCUT2D eigenvalue weighted by Crippen LogP contribution is 2.35. The van der Waals surface area contributed by atoms with Crippen LogP contribution in [0.4, 0.5) is 0 Å². The quantitative estimate of drug-likeness (QED) is 0.335. The summed E-state index contributed by atoms with van der Waals surface area (Å²) in [5.41, 5.74) is 4.59. The lowest BCUT2D eigenvalue weighted by Crippen LogP contribution is -2.01. The Labute approximate surface area is 184 Å². The van der Waals surface area contributed by atoms with Gasteiger partial charge in [0.15, 0.2) is 0 Å². The minimum Gasteiger partial charge on any atom is -0.488 e. The molecule has 152 valence electrons. The first-order chi connectivity index (χ1) is 14.5. The van der Waals surface area contributed by atoms with E-state index < -0.39 is 5.97 Å². The average molecular weight is 440 g/mol. The van der Waals surface area contributed by atoms with E-state index in [4.69, 9.17) is 33.0 Å². The van der Waals surface area contributed by atoms with Gasteiger partial charge in [0.2, 0.25) is 0 Å². The number of carbonyl (C=O) groups is 1. The van der Waals surface area contributed by atoms with Crippen LogP contribution < -0.4 is 4.74 Å². The molecule has 2 N–H and O–H groups in total. The van der Waals surface area contributed by atoms with Gasteiger partial charge in [0.05, 0.1) is 0 Å². The highest BCUT2D eigenvalue weighted by Gasteiger charge is 2.12. The maximum Gasteiger partial charge on any atom is 0.303 e. The van der Waals surface area contributed by atoms with Crippen molar-refractivity contribution in [2.24, 2.45) is 0 Å². The number of aromatic amines is 1. The Morgan fingerprint density at radius 1 is 1.00 bits per heavy atom. The number of carboxylic acid groups (broad SMARTS) is 1. The van der Waals surface area contributed by atoms with E-state index in [0.717, 1.165) is 33.2 Å². The number of hydrogen-bond acceptors (Lipinski definition) is 2. The summed E-state index contributed by atoms with van der Waals surface area (Å²) in [6.45, 7) is 0.229. The molecule has 4 aromatic rings. The molecule has 1 aromatic heterocycles. The molecular weight excluding hydrogens is 421 g/mol. The summed E-state index contributed by atoms with van der Waals surface area (Å²) in [4.78, 5) is 14.2. The number of aromatic nitrogens is 1. The van der Waals surface area contributed by atoms with Gasteiger partial charge in [-0.2, -0.15) is 0 Å². The fourth-order valence-electron chi connectivity index (χ4n) is 3.38. The highest BCUT2D eigenvalue weighted by molar-refractivity contribution is 6.35. The van der Waals surface area contributed by atoms with Gasteiger partial charge < -0.3 is 14.8 Å². The number of rotatable bonds is 7. The first-order valence-electron chi connectivity index (χ1n) is 9.49. The molecule has 0 radical (unpaired) electrons. The number of carboxylic acids is 1. The average Bonchev–Trinajstić information content (AvgIpc) is 3.20. The molecule has 3 aromatic carbocycles. The number of aryl methyl sites for hydroxylation is 1. The maximum atomic E-state index is 11.0. The molecule has 1 heterocycles. The predicted molar refractivity (Wildman–Crippen MR) is 120 cm³/mol. The molecule has 6 heteroatoms. The van der Waals surface area contributed by atoms with Crippen molar-refractivity contribution in [1.82, 2.24) is 4.98 Å². The zero-order valence-corrected chi connectivity index (χ0v) is 17.5. The largest absolute Gasteiger partial charge is 0.488 e. The van der Waals surface area contributed by atoms with Gasteiger partial charge in [-0.05, 0) is 65.4 Å². The van der Waals surface area contributed by atoms with Crippen LogP contribution in [0.25, 0.3) is 22.0 Å². The molecule has 0 bridgehead atoms. The molecule has 0 amide bonds. The zero-order valence-electron chi connectivity index (χ0n) is 16.0. The fourth-order valence-corrected chi connectivity index (χ4v) is 3.88. The Kier molecular flexibility index (Phi) is 5.98. The zero-order chi connectivity index (χ0) is 21.1. The molecule has 0 aliphatic heterocycles. The topological polar surface area (TPSA) is 62.3 Å². The molecule has 0 aliphatic rings. The van der Waals surface area contributed by atoms with Gasteiger partial charge in [-0.1, -0.05) is 41.4 Å². The first kappa shape index (κ1) is 20.3. The predicted octanol–water partition coefficient (Wildman–Crippen LogP) is 6.74. The standard InChI is InChI=1S/C24H19Cl2NO3/c25-20-2-1-3-21(26)19(20)14-30-23-8-4-15(5-9-24(28)29)12-18(23)16-6-7-22-17(13-16)10-11-27-22/h1-4,6-8,10-13,27H,5,9,14H2,(H,28,29). The summed E-state index contributed by atoms with van der Waals surface area (Å²) in [5.74, 6) is -0.140. The van der Waals surface area contributed by atoms with E-state index in [-0.39, 0.29) is 13.0 Å². The number of fused-ring (bicyclic) bond motifs is 1. The molecule has 0 saturated carbocycles. The summed E-state index contributed by atoms with van der Waals surface area (Å²) in [6.07, 6.45) is 2.42. The number of hydrogen-bond donors (Lipinski definition) is 2. The Balaban J connectivity index is 1.70. The normalized spacial score (nSPS) is 11.0. The molecule has 0 fully saturated rings. The SMILES string of the molecule is O=C(O)CCc1ccc(OCc2c(Cl)cccc2Cl)c(-c2ccc3[nH]ccc3c2)c1. The molecule has 30 heavy (non-hydrogen) atoms. The van der Waals surface area contributed by atoms with Crippen LogP contribution in [0.1, 0.15) is 17.5 Å². The second-order valence-corrected chi connectivity index (χ2v) is 7.81. The van der Waals surface area contributed by atoms with Crippen molar-refractivity contribution in [3.05, 3.63) is 88.0 Å². The molecular formula is C24H19Cl2NO3. The van der Waals surface area contributed by atoms with Crippen LogP contribution in [0.15, 0.2) is 66.9 Å². The number of aliphatic carboxylic acids is 1. The third kappa shape index (κ3) is 4.45. The third-order valence-corrected chi connectivity index (χ3v) is 5.68. The van der Waals surface area contributed by atoms with Gasteiger partial charge in [0, 0.05) is 39.3 Å². The van der Waals surface area contributed by atoms with E-state index in [1.807, 2.05) is 42.6 Å². The van der Waals surface area contributed by atoms with Crippen molar-refractivity contribution >= 4 is 40.1 Å². The minimum atomic E-state index is -0.820. The highest BCUT2D eigenvalue weighted by atomic mass is 35.5. The summed E-state index contributed by atoms with van der Waals surface area (Å²) in [7, 11) is 0. The van der Waals surface area contributed by atoms with Gasteiger partial charge >= 0.3 is 5.97 Å². The summed E-state index contributed by atoms with van der Waals surface area (Å²) in [6, 6.07) is 19.2. The summed E-state index contributed by atoms with van der Waals surface area (Å²) >= 11 is 12.6. The second kappa shape index (κ2) is 8.82. The monoisotopic (exact) mass is 439 g/mol. The Morgan fingerprint density at radius 2 is 1.80 bits per heavy atom. The molecule has 0 aliphatic carbocycles. The van der Waals surface area contributed by atoms with Crippen LogP contribution in [-0.4, -0.2) is 16.1 Å². The maximum absolute atomic E-state index is 11.0. The number of ether oxygens (including phenoxy) is 1. The Morgan fingerprint density at radius 3 is 2.57 bits per heavy atom. The van der Waals surface area contributed by atoms with Crippen molar-refractivity contribution in [2.75, 3.05) is 0 Å². The molecule has 4 nitrogen and oxygen atoms in total. The van der Waals surface area contributed by atoms with Crippen molar-refractivity contribution < 1.29 is 14.6 Å². The Bertz CT molecular complexity index is 1200. The lowest BCUT2D eigenvalue weighted by Gasteiger charge is -2.15. The van der Waals surface area contributed by atoms with E-state index in [1.54, 1.807) is 18.2 Å². The van der Waals surface area contributed by atoms with Crippen LogP contribution in [-0.2, 0) is 17.8 Å².